The summed E-state index contributed by atoms with van der Waals surface area (Å²) in [6.45, 7) is 11.5. The van der Waals surface area contributed by atoms with Crippen LogP contribution in [0.25, 0.3) is 0 Å². The van der Waals surface area contributed by atoms with Crippen LogP contribution in [0.5, 0.6) is 0 Å². The molecule has 3 heterocycles. The molecule has 0 bridgehead atoms. The highest BCUT2D eigenvalue weighted by molar-refractivity contribution is 9.10. The standard InChI is InChI=1S/C52H79BrN4O14/c1-3-35-25-33(13-15-36-16-14-34(26-38(36)53)29-57-23-8-19-55-21-20-54-17-7-18-56-22-24-57)28-39(46(35)71-51-45(62)44(61)42(59)31(2)66-51)68-52-48(70-50(65)37-9-5-4-6-10-37)47(43(60)41(30-58)69-52)67-40(49(63)64)27-32-11-12-32/h4-6,9-10,14,16,26,31-33,35,39-48,51-52,54-56,58-62H,3,7-8,11-13,15,17-25,27-30H2,1-2H3,(H,63,64)/t31?,33?,35?,39?,40-,41?,42?,43?,44?,45?,46?,47?,48?,51?,52?/m0/s1. The minimum Gasteiger partial charge on any atom is -0.479 e. The van der Waals surface area contributed by atoms with Gasteiger partial charge in [0.2, 0.25) is 0 Å². The van der Waals surface area contributed by atoms with Crippen molar-refractivity contribution >= 4 is 27.9 Å². The molecular weight excluding hydrogens is 984 g/mol. The molecule has 9 N–H and O–H groups in total. The van der Waals surface area contributed by atoms with E-state index < -0.39 is 98.3 Å². The molecule has 3 saturated heterocycles. The third-order valence-corrected chi connectivity index (χ3v) is 15.6. The van der Waals surface area contributed by atoms with Gasteiger partial charge in [0, 0.05) is 37.2 Å². The lowest BCUT2D eigenvalue weighted by atomic mass is 9.74. The number of nitrogens with one attached hydrogen (secondary N) is 3. The van der Waals surface area contributed by atoms with Crippen LogP contribution in [-0.4, -0.2) is 186 Å². The summed E-state index contributed by atoms with van der Waals surface area (Å²) in [6.07, 6.45) is -9.94. The van der Waals surface area contributed by atoms with E-state index in [1.54, 1.807) is 37.3 Å². The maximum absolute atomic E-state index is 13.9. The Balaban J connectivity index is 1.12. The monoisotopic (exact) mass is 1060 g/mol. The van der Waals surface area contributed by atoms with Gasteiger partial charge in [-0.15, -0.1) is 0 Å². The lowest BCUT2D eigenvalue weighted by Crippen LogP contribution is -2.64. The number of carboxylic acids is 1. The lowest BCUT2D eigenvalue weighted by Gasteiger charge is -2.49. The summed E-state index contributed by atoms with van der Waals surface area (Å²) in [5, 5.41) is 75.7. The fraction of sp³-hybridized carbons (Fsp3) is 0.731. The fourth-order valence-electron chi connectivity index (χ4n) is 10.4. The summed E-state index contributed by atoms with van der Waals surface area (Å²) in [5.41, 5.74) is 2.56. The summed E-state index contributed by atoms with van der Waals surface area (Å²) in [6, 6.07) is 14.8. The Kier molecular flexibility index (Phi) is 21.9. The Labute approximate surface area is 426 Å². The largest absolute Gasteiger partial charge is 0.479 e. The second kappa shape index (κ2) is 27.7. The van der Waals surface area contributed by atoms with Crippen molar-refractivity contribution in [3.8, 4) is 0 Å². The van der Waals surface area contributed by atoms with Crippen molar-refractivity contribution in [2.24, 2.45) is 17.8 Å². The highest BCUT2D eigenvalue weighted by Crippen LogP contribution is 2.42. The summed E-state index contributed by atoms with van der Waals surface area (Å²) in [4.78, 5) is 29.0. The lowest BCUT2D eigenvalue weighted by molar-refractivity contribution is -0.350. The number of halogens is 1. The molecule has 5 aliphatic rings. The predicted octanol–water partition coefficient (Wildman–Crippen LogP) is 2.72. The summed E-state index contributed by atoms with van der Waals surface area (Å²) in [5.74, 6) is -2.04. The van der Waals surface area contributed by atoms with Crippen LogP contribution in [0.3, 0.4) is 0 Å². The molecule has 71 heavy (non-hydrogen) atoms. The molecule has 2 aromatic carbocycles. The first kappa shape index (κ1) is 56.0. The zero-order chi connectivity index (χ0) is 50.4. The van der Waals surface area contributed by atoms with Gasteiger partial charge in [-0.05, 0) is 125 Å². The van der Waals surface area contributed by atoms with Gasteiger partial charge in [-0.3, -0.25) is 4.90 Å². The number of aliphatic hydroxyl groups is 5. The molecule has 0 amide bonds. The van der Waals surface area contributed by atoms with E-state index in [9.17, 15) is 40.2 Å². The Morgan fingerprint density at radius 2 is 1.54 bits per heavy atom. The number of benzene rings is 2. The van der Waals surface area contributed by atoms with Gasteiger partial charge in [0.15, 0.2) is 24.8 Å². The third kappa shape index (κ3) is 15.9. The van der Waals surface area contributed by atoms with Crippen molar-refractivity contribution in [3.63, 3.8) is 0 Å². The van der Waals surface area contributed by atoms with E-state index in [0.29, 0.717) is 19.3 Å². The van der Waals surface area contributed by atoms with Gasteiger partial charge in [-0.25, -0.2) is 9.59 Å². The van der Waals surface area contributed by atoms with E-state index in [1.807, 2.05) is 6.92 Å². The zero-order valence-electron chi connectivity index (χ0n) is 41.3. The topological polar surface area (TPSA) is 250 Å². The predicted molar refractivity (Wildman–Crippen MR) is 265 cm³/mol. The van der Waals surface area contributed by atoms with Gasteiger partial charge < -0.3 is 75.0 Å². The molecule has 3 aliphatic heterocycles. The van der Waals surface area contributed by atoms with Crippen molar-refractivity contribution in [2.75, 3.05) is 59.0 Å². The summed E-state index contributed by atoms with van der Waals surface area (Å²) < 4.78 is 39.1. The number of aliphatic hydroxyl groups excluding tert-OH is 5. The minimum absolute atomic E-state index is 0.0581. The molecular formula is C52H79BrN4O14. The van der Waals surface area contributed by atoms with Crippen LogP contribution < -0.4 is 16.0 Å². The average molecular weight is 1060 g/mol. The van der Waals surface area contributed by atoms with Crippen molar-refractivity contribution < 1.29 is 68.6 Å². The number of hydrogen-bond acceptors (Lipinski definition) is 17. The third-order valence-electron chi connectivity index (χ3n) is 14.8. The quantitative estimate of drug-likeness (QED) is 0.0974. The van der Waals surface area contributed by atoms with Gasteiger partial charge in [0.25, 0.3) is 0 Å². The van der Waals surface area contributed by atoms with E-state index in [1.165, 1.54) is 5.56 Å². The number of esters is 1. The molecule has 0 spiro atoms. The number of aryl methyl sites for hydroxylation is 1. The molecule has 14 unspecified atom stereocenters. The number of aliphatic carboxylic acids is 1. The van der Waals surface area contributed by atoms with Crippen LogP contribution in [0.1, 0.15) is 93.1 Å². The van der Waals surface area contributed by atoms with E-state index in [0.717, 1.165) is 107 Å². The second-order valence-electron chi connectivity index (χ2n) is 20.2. The molecule has 18 nitrogen and oxygen atoms in total. The van der Waals surface area contributed by atoms with Crippen LogP contribution in [-0.2, 0) is 46.2 Å². The number of hydrogen-bond donors (Lipinski definition) is 9. The Bertz CT molecular complexity index is 1930. The number of carboxylic acid groups (broad SMARTS) is 1. The number of rotatable bonds is 18. The van der Waals surface area contributed by atoms with E-state index >= 15 is 0 Å². The summed E-state index contributed by atoms with van der Waals surface area (Å²) >= 11 is 3.90. The number of ether oxygens (including phenoxy) is 6. The molecule has 0 aromatic heterocycles. The highest BCUT2D eigenvalue weighted by atomic mass is 79.9. The van der Waals surface area contributed by atoms with Crippen LogP contribution >= 0.6 is 15.9 Å². The Hall–Kier alpha value is -2.70. The molecule has 2 saturated carbocycles. The summed E-state index contributed by atoms with van der Waals surface area (Å²) in [7, 11) is 0. The molecule has 19 heteroatoms. The first-order valence-corrected chi connectivity index (χ1v) is 26.8. The fourth-order valence-corrected chi connectivity index (χ4v) is 11.1. The van der Waals surface area contributed by atoms with Crippen molar-refractivity contribution in [2.45, 2.75) is 164 Å². The number of carbonyl (C=O) groups excluding carboxylic acids is 1. The smallest absolute Gasteiger partial charge is 0.338 e. The van der Waals surface area contributed by atoms with Gasteiger partial charge >= 0.3 is 11.9 Å². The van der Waals surface area contributed by atoms with Gasteiger partial charge in [-0.1, -0.05) is 72.4 Å². The van der Waals surface area contributed by atoms with Crippen LogP contribution in [0.2, 0.25) is 0 Å². The molecule has 7 rings (SSSR count). The maximum Gasteiger partial charge on any atom is 0.338 e. The molecule has 2 aromatic rings. The molecule has 15 atom stereocenters. The van der Waals surface area contributed by atoms with E-state index in [2.05, 4.69) is 55.0 Å². The van der Waals surface area contributed by atoms with Crippen molar-refractivity contribution in [1.82, 2.24) is 20.9 Å². The average Bonchev–Trinajstić information content (AvgIpc) is 4.19. The first-order chi connectivity index (χ1) is 34.3. The van der Waals surface area contributed by atoms with E-state index in [-0.39, 0.29) is 29.7 Å². The van der Waals surface area contributed by atoms with Crippen LogP contribution in [0.4, 0.5) is 0 Å². The Morgan fingerprint density at radius 1 is 0.803 bits per heavy atom. The minimum atomic E-state index is -1.62. The van der Waals surface area contributed by atoms with Gasteiger partial charge in [0.05, 0.1) is 30.5 Å². The second-order valence-corrected chi connectivity index (χ2v) is 21.1. The van der Waals surface area contributed by atoms with Crippen LogP contribution in [0, 0.1) is 17.8 Å². The molecule has 0 radical (unpaired) electrons. The van der Waals surface area contributed by atoms with Crippen molar-refractivity contribution in [3.05, 3.63) is 69.7 Å². The maximum atomic E-state index is 13.9. The van der Waals surface area contributed by atoms with Crippen molar-refractivity contribution in [1.29, 1.82) is 0 Å². The number of carbonyl (C=O) groups is 2. The Morgan fingerprint density at radius 3 is 2.23 bits per heavy atom. The van der Waals surface area contributed by atoms with E-state index in [4.69, 9.17) is 28.4 Å². The highest BCUT2D eigenvalue weighted by Gasteiger charge is 2.54. The van der Waals surface area contributed by atoms with Gasteiger partial charge in [0.1, 0.15) is 36.6 Å². The number of nitrogens with zero attached hydrogens (tertiary/aromatic N) is 1. The normalized spacial score (nSPS) is 34.5. The molecule has 2 aliphatic carbocycles. The molecule has 5 fully saturated rings. The van der Waals surface area contributed by atoms with Gasteiger partial charge in [-0.2, -0.15) is 0 Å². The zero-order valence-corrected chi connectivity index (χ0v) is 42.9. The first-order valence-electron chi connectivity index (χ1n) is 26.0. The van der Waals surface area contributed by atoms with Crippen LogP contribution in [0.15, 0.2) is 53.0 Å². The SMILES string of the molecule is CCC1CC(CCc2ccc(CN3CCCNCCNCCCNCC3)cc2Br)CC(OC2OC(CO)C(O)C(O[C@@H](CC3CC3)C(=O)O)C2OC(=O)c2ccccc2)C1OC1OC(C)C(O)C(O)C1O. The molecule has 398 valence electrons.